The van der Waals surface area contributed by atoms with Crippen LogP contribution in [0.4, 0.5) is 17.1 Å². The van der Waals surface area contributed by atoms with Crippen molar-refractivity contribution in [2.45, 2.75) is 13.8 Å². The fraction of sp³-hybridized carbons (Fsp3) is 0.176. The van der Waals surface area contributed by atoms with E-state index < -0.39 is 0 Å². The Kier molecular flexibility index (Phi) is 5.76. The Morgan fingerprint density at radius 2 is 1.70 bits per heavy atom. The summed E-state index contributed by atoms with van der Waals surface area (Å²) in [5, 5.41) is 8.53. The lowest BCUT2D eigenvalue weighted by atomic mass is 10.2. The highest BCUT2D eigenvalue weighted by Gasteiger charge is 2.04. The van der Waals surface area contributed by atoms with Crippen LogP contribution in [0.25, 0.3) is 0 Å². The van der Waals surface area contributed by atoms with Gasteiger partial charge in [0.1, 0.15) is 0 Å². The maximum Gasteiger partial charge on any atom is 0.243 e. The van der Waals surface area contributed by atoms with Gasteiger partial charge in [-0.1, -0.05) is 28.1 Å². The fourth-order valence-corrected chi connectivity index (χ4v) is 2.35. The van der Waals surface area contributed by atoms with E-state index in [-0.39, 0.29) is 18.4 Å². The molecule has 0 heterocycles. The molecule has 23 heavy (non-hydrogen) atoms. The van der Waals surface area contributed by atoms with Crippen LogP contribution in [0.5, 0.6) is 0 Å². The van der Waals surface area contributed by atoms with Crippen molar-refractivity contribution in [3.63, 3.8) is 0 Å². The molecule has 0 aliphatic rings. The molecule has 2 amide bonds. The second-order valence-corrected chi connectivity index (χ2v) is 5.98. The molecule has 0 bridgehead atoms. The molecule has 0 fully saturated rings. The van der Waals surface area contributed by atoms with Gasteiger partial charge < -0.3 is 16.0 Å². The van der Waals surface area contributed by atoms with E-state index in [1.807, 2.05) is 25.1 Å². The van der Waals surface area contributed by atoms with E-state index in [2.05, 4.69) is 31.9 Å². The highest BCUT2D eigenvalue weighted by Crippen LogP contribution is 2.20. The summed E-state index contributed by atoms with van der Waals surface area (Å²) in [5.41, 5.74) is 3.28. The minimum Gasteiger partial charge on any atom is -0.376 e. The van der Waals surface area contributed by atoms with Crippen LogP contribution in [0, 0.1) is 6.92 Å². The summed E-state index contributed by atoms with van der Waals surface area (Å²) in [6.07, 6.45) is 0. The van der Waals surface area contributed by atoms with Crippen LogP contribution in [-0.4, -0.2) is 18.4 Å². The molecule has 6 heteroatoms. The quantitative estimate of drug-likeness (QED) is 0.744. The molecular weight excluding hydrogens is 358 g/mol. The van der Waals surface area contributed by atoms with Crippen molar-refractivity contribution in [2.75, 3.05) is 22.5 Å². The second-order valence-electron chi connectivity index (χ2n) is 5.13. The average Bonchev–Trinajstić information content (AvgIpc) is 2.48. The lowest BCUT2D eigenvalue weighted by Crippen LogP contribution is -2.21. The van der Waals surface area contributed by atoms with Crippen molar-refractivity contribution in [1.29, 1.82) is 0 Å². The zero-order valence-electron chi connectivity index (χ0n) is 12.9. The Bertz CT molecular complexity index is 732. The highest BCUT2D eigenvalue weighted by atomic mass is 79.9. The van der Waals surface area contributed by atoms with E-state index in [0.29, 0.717) is 11.4 Å². The molecule has 0 aliphatic carbocycles. The fourth-order valence-electron chi connectivity index (χ4n) is 1.97. The van der Waals surface area contributed by atoms with E-state index in [0.717, 1.165) is 15.7 Å². The second kappa shape index (κ2) is 7.78. The topological polar surface area (TPSA) is 70.2 Å². The van der Waals surface area contributed by atoms with Crippen molar-refractivity contribution in [2.24, 2.45) is 0 Å². The maximum absolute atomic E-state index is 12.0. The van der Waals surface area contributed by atoms with Crippen LogP contribution in [0.15, 0.2) is 46.9 Å². The minimum absolute atomic E-state index is 0.153. The van der Waals surface area contributed by atoms with E-state index in [4.69, 9.17) is 0 Å². The van der Waals surface area contributed by atoms with Gasteiger partial charge in [-0.15, -0.1) is 0 Å². The van der Waals surface area contributed by atoms with Crippen molar-refractivity contribution in [3.8, 4) is 0 Å². The molecule has 5 nitrogen and oxygen atoms in total. The average molecular weight is 376 g/mol. The number of nitrogens with one attached hydrogen (secondary N) is 3. The Hall–Kier alpha value is -2.34. The Balaban J connectivity index is 1.91. The zero-order chi connectivity index (χ0) is 16.8. The van der Waals surface area contributed by atoms with Crippen LogP contribution in [0.3, 0.4) is 0 Å². The number of rotatable bonds is 5. The molecule has 120 valence electrons. The Labute approximate surface area is 143 Å². The van der Waals surface area contributed by atoms with Crippen molar-refractivity contribution in [1.82, 2.24) is 0 Å². The predicted molar refractivity (Wildman–Crippen MR) is 96.7 cm³/mol. The molecule has 0 spiro atoms. The lowest BCUT2D eigenvalue weighted by Gasteiger charge is -2.10. The minimum atomic E-state index is -0.165. The standard InChI is InChI=1S/C17H18BrN3O2/c1-11-6-7-13(9-16(11)18)19-10-17(23)21-15-5-3-4-14(8-15)20-12(2)22/h3-9,19H,10H2,1-2H3,(H,20,22)(H,21,23). The molecule has 0 saturated heterocycles. The van der Waals surface area contributed by atoms with Crippen LogP contribution in [-0.2, 0) is 9.59 Å². The van der Waals surface area contributed by atoms with Gasteiger partial charge in [-0.25, -0.2) is 0 Å². The largest absolute Gasteiger partial charge is 0.376 e. The molecule has 0 saturated carbocycles. The van der Waals surface area contributed by atoms with Gasteiger partial charge in [0.05, 0.1) is 6.54 Å². The monoisotopic (exact) mass is 375 g/mol. The van der Waals surface area contributed by atoms with Crippen LogP contribution >= 0.6 is 15.9 Å². The number of aryl methyl sites for hydroxylation is 1. The van der Waals surface area contributed by atoms with Gasteiger partial charge in [0.2, 0.25) is 11.8 Å². The Morgan fingerprint density at radius 1 is 1.00 bits per heavy atom. The molecule has 0 radical (unpaired) electrons. The van der Waals surface area contributed by atoms with Gasteiger partial charge in [-0.05, 0) is 42.8 Å². The normalized spacial score (nSPS) is 10.0. The van der Waals surface area contributed by atoms with Crippen molar-refractivity contribution >= 4 is 44.8 Å². The number of amides is 2. The number of halogens is 1. The highest BCUT2D eigenvalue weighted by molar-refractivity contribution is 9.10. The summed E-state index contributed by atoms with van der Waals surface area (Å²) < 4.78 is 0.992. The smallest absolute Gasteiger partial charge is 0.243 e. The molecule has 0 unspecified atom stereocenters. The summed E-state index contributed by atoms with van der Waals surface area (Å²) in [7, 11) is 0. The van der Waals surface area contributed by atoms with Crippen LogP contribution in [0.2, 0.25) is 0 Å². The summed E-state index contributed by atoms with van der Waals surface area (Å²) in [6, 6.07) is 12.8. The van der Waals surface area contributed by atoms with Crippen LogP contribution < -0.4 is 16.0 Å². The molecule has 0 aromatic heterocycles. The first kappa shape index (κ1) is 17.0. The van der Waals surface area contributed by atoms with Gasteiger partial charge in [0.15, 0.2) is 0 Å². The van der Waals surface area contributed by atoms with Crippen LogP contribution in [0.1, 0.15) is 12.5 Å². The van der Waals surface area contributed by atoms with E-state index in [1.165, 1.54) is 6.92 Å². The molecule has 0 atom stereocenters. The van der Waals surface area contributed by atoms with Gasteiger partial charge >= 0.3 is 0 Å². The van der Waals surface area contributed by atoms with E-state index >= 15 is 0 Å². The third-order valence-corrected chi connectivity index (χ3v) is 3.95. The SMILES string of the molecule is CC(=O)Nc1cccc(NC(=O)CNc2ccc(C)c(Br)c2)c1. The van der Waals surface area contributed by atoms with Gasteiger partial charge in [0, 0.05) is 28.5 Å². The first-order valence-corrected chi connectivity index (χ1v) is 7.91. The van der Waals surface area contributed by atoms with Gasteiger partial charge in [0.25, 0.3) is 0 Å². The van der Waals surface area contributed by atoms with E-state index in [9.17, 15) is 9.59 Å². The molecule has 2 rings (SSSR count). The number of hydrogen-bond donors (Lipinski definition) is 3. The summed E-state index contributed by atoms with van der Waals surface area (Å²) >= 11 is 3.46. The molecular formula is C17H18BrN3O2. The maximum atomic E-state index is 12.0. The first-order valence-electron chi connectivity index (χ1n) is 7.11. The third kappa shape index (κ3) is 5.41. The number of benzene rings is 2. The number of anilines is 3. The first-order chi connectivity index (χ1) is 10.9. The molecule has 0 aliphatic heterocycles. The summed E-state index contributed by atoms with van der Waals surface area (Å²) in [4.78, 5) is 23.0. The lowest BCUT2D eigenvalue weighted by molar-refractivity contribution is -0.115. The summed E-state index contributed by atoms with van der Waals surface area (Å²) in [5.74, 6) is -0.318. The summed E-state index contributed by atoms with van der Waals surface area (Å²) in [6.45, 7) is 3.59. The number of carbonyl (C=O) groups excluding carboxylic acids is 2. The molecule has 3 N–H and O–H groups in total. The number of carbonyl (C=O) groups is 2. The predicted octanol–water partition coefficient (Wildman–Crippen LogP) is 3.77. The van der Waals surface area contributed by atoms with E-state index in [1.54, 1.807) is 24.3 Å². The third-order valence-electron chi connectivity index (χ3n) is 3.09. The Morgan fingerprint density at radius 3 is 2.35 bits per heavy atom. The van der Waals surface area contributed by atoms with Crippen molar-refractivity contribution in [3.05, 3.63) is 52.5 Å². The molecule has 2 aromatic carbocycles. The van der Waals surface area contributed by atoms with Crippen molar-refractivity contribution < 1.29 is 9.59 Å². The van der Waals surface area contributed by atoms with Gasteiger partial charge in [-0.3, -0.25) is 9.59 Å². The molecule has 2 aromatic rings. The van der Waals surface area contributed by atoms with Gasteiger partial charge in [-0.2, -0.15) is 0 Å². The number of hydrogen-bond acceptors (Lipinski definition) is 3. The zero-order valence-corrected chi connectivity index (χ0v) is 14.5.